The van der Waals surface area contributed by atoms with Crippen LogP contribution in [-0.4, -0.2) is 69.6 Å². The molecule has 0 radical (unpaired) electrons. The van der Waals surface area contributed by atoms with Gasteiger partial charge in [-0.2, -0.15) is 0 Å². The Labute approximate surface area is 318 Å². The Bertz CT molecular complexity index is 1780. The van der Waals surface area contributed by atoms with Crippen LogP contribution < -0.4 is 31.0 Å². The van der Waals surface area contributed by atoms with Gasteiger partial charge in [-0.1, -0.05) is 12.1 Å². The predicted octanol–water partition coefficient (Wildman–Crippen LogP) is 6.87. The highest BCUT2D eigenvalue weighted by molar-refractivity contribution is 6.55. The fraction of sp³-hybridized carbons (Fsp3) is 0.316. The van der Waals surface area contributed by atoms with E-state index in [1.54, 1.807) is 126 Å². The smallest absolute Gasteiger partial charge is 0.476 e. The van der Waals surface area contributed by atoms with Crippen LogP contribution in [-0.2, 0) is 26.6 Å². The average molecular weight is 779 g/mol. The van der Waals surface area contributed by atoms with E-state index < -0.39 is 24.0 Å². The van der Waals surface area contributed by atoms with Gasteiger partial charge in [-0.3, -0.25) is 9.59 Å². The van der Waals surface area contributed by atoms with E-state index in [1.807, 2.05) is 0 Å². The monoisotopic (exact) mass is 778 g/mol. The van der Waals surface area contributed by atoms with E-state index >= 15 is 0 Å². The third kappa shape index (κ3) is 10.9. The first kappa shape index (κ1) is 42.0. The number of amides is 2. The molecule has 0 aliphatic rings. The van der Waals surface area contributed by atoms with E-state index in [1.165, 1.54) is 0 Å². The van der Waals surface area contributed by atoms with Gasteiger partial charge in [0.1, 0.15) is 0 Å². The van der Waals surface area contributed by atoms with Gasteiger partial charge in [0.05, 0.1) is 5.69 Å². The molecule has 0 heterocycles. The zero-order valence-corrected chi connectivity index (χ0v) is 33.6. The van der Waals surface area contributed by atoms with Crippen molar-refractivity contribution in [2.75, 3.05) is 61.7 Å². The quantitative estimate of drug-likeness (QED) is 0.0509. The molecule has 16 heteroatoms. The minimum atomic E-state index is -3.97. The Balaban J connectivity index is 1.93. The normalized spacial score (nSPS) is 11.6. The average Bonchev–Trinajstić information content (AvgIpc) is 3.14. The second-order valence-corrected chi connectivity index (χ2v) is 15.5. The van der Waals surface area contributed by atoms with Crippen molar-refractivity contribution in [3.63, 3.8) is 0 Å². The van der Waals surface area contributed by atoms with Crippen molar-refractivity contribution in [3.8, 4) is 22.6 Å². The van der Waals surface area contributed by atoms with Crippen LogP contribution in [0, 0.1) is 0 Å². The second kappa shape index (κ2) is 20.1. The van der Waals surface area contributed by atoms with Gasteiger partial charge in [0, 0.05) is 73.4 Å². The first-order chi connectivity index (χ1) is 26.0. The highest BCUT2D eigenvalue weighted by Gasteiger charge is 2.52. The van der Waals surface area contributed by atoms with Crippen LogP contribution in [0.1, 0.15) is 62.3 Å². The van der Waals surface area contributed by atoms with Gasteiger partial charge in [-0.15, -0.1) is 0 Å². The van der Waals surface area contributed by atoms with Crippen molar-refractivity contribution in [3.05, 3.63) is 96.1 Å². The van der Waals surface area contributed by atoms with Crippen LogP contribution in [0.25, 0.3) is 11.1 Å². The minimum Gasteiger partial charge on any atom is -0.476 e. The van der Waals surface area contributed by atoms with Crippen molar-refractivity contribution < 1.29 is 45.0 Å². The molecule has 14 nitrogen and oxygen atoms in total. The fourth-order valence-electron chi connectivity index (χ4n) is 5.23. The summed E-state index contributed by atoms with van der Waals surface area (Å²) in [6, 6.07) is 23.7. The Morgan fingerprint density at radius 3 is 1.30 bits per heavy atom. The molecular formula is C38H50N4O10Si2. The first-order valence-corrected chi connectivity index (χ1v) is 21.1. The predicted molar refractivity (Wildman–Crippen MR) is 212 cm³/mol. The number of hydrogen-bond acceptors (Lipinski definition) is 12. The maximum atomic E-state index is 13.7. The lowest BCUT2D eigenvalue weighted by molar-refractivity contribution is 0.00117. The van der Waals surface area contributed by atoms with E-state index in [9.17, 15) is 9.59 Å². The lowest BCUT2D eigenvalue weighted by atomic mass is 10.0. The number of anilines is 4. The highest BCUT2D eigenvalue weighted by Crippen LogP contribution is 2.47. The van der Waals surface area contributed by atoms with Gasteiger partial charge in [-0.25, -0.2) is 0 Å². The molecule has 0 fully saturated rings. The summed E-state index contributed by atoms with van der Waals surface area (Å²) in [4.78, 5) is 26.6. The van der Waals surface area contributed by atoms with E-state index in [-0.39, 0.29) is 62.7 Å². The number of rotatable bonds is 21. The molecule has 0 atom stereocenters. The molecule has 0 saturated carbocycles. The Morgan fingerprint density at radius 1 is 0.500 bits per heavy atom. The fourth-order valence-corrected chi connectivity index (χ4v) is 9.11. The maximum Gasteiger partial charge on any atom is 0.749 e. The van der Waals surface area contributed by atoms with Gasteiger partial charge in [-0.05, 0) is 120 Å². The van der Waals surface area contributed by atoms with E-state index in [2.05, 4.69) is 10.6 Å². The molecule has 0 aromatic heterocycles. The largest absolute Gasteiger partial charge is 0.749 e. The van der Waals surface area contributed by atoms with E-state index in [0.717, 1.165) is 0 Å². The first-order valence-electron chi connectivity index (χ1n) is 17.9. The van der Waals surface area contributed by atoms with Crippen molar-refractivity contribution in [1.82, 2.24) is 0 Å². The SMILES string of the molecule is CCO[Si](OCC)(OCC)Oc1c(NC(=O)c2ccc(N)cc2)ccc(-c2ccc(NC(=O)c3ccc(N)cc3)cc2)c1O[Si](OCC)(OCC)OCC. The molecular weight excluding hydrogens is 729 g/mol. The van der Waals surface area contributed by atoms with Crippen molar-refractivity contribution in [2.24, 2.45) is 0 Å². The summed E-state index contributed by atoms with van der Waals surface area (Å²) < 4.78 is 50.2. The van der Waals surface area contributed by atoms with Crippen LogP contribution in [0.3, 0.4) is 0 Å². The molecule has 2 amide bonds. The van der Waals surface area contributed by atoms with Crippen molar-refractivity contribution in [1.29, 1.82) is 0 Å². The van der Waals surface area contributed by atoms with Crippen LogP contribution in [0.15, 0.2) is 84.9 Å². The molecule has 54 heavy (non-hydrogen) atoms. The van der Waals surface area contributed by atoms with Crippen LogP contribution in [0.5, 0.6) is 11.5 Å². The summed E-state index contributed by atoms with van der Waals surface area (Å²) in [5, 5.41) is 5.86. The summed E-state index contributed by atoms with van der Waals surface area (Å²) in [5.74, 6) is -0.593. The number of benzene rings is 4. The van der Waals surface area contributed by atoms with Crippen LogP contribution >= 0.6 is 0 Å². The van der Waals surface area contributed by atoms with Gasteiger partial charge >= 0.3 is 18.1 Å². The highest BCUT2D eigenvalue weighted by atomic mass is 28.4. The van der Waals surface area contributed by atoms with Crippen molar-refractivity contribution >= 4 is 52.7 Å². The molecule has 4 aromatic rings. The van der Waals surface area contributed by atoms with E-state index in [4.69, 9.17) is 46.9 Å². The molecule has 6 N–H and O–H groups in total. The van der Waals surface area contributed by atoms with Crippen LogP contribution in [0.2, 0.25) is 0 Å². The zero-order chi connectivity index (χ0) is 39.1. The minimum absolute atomic E-state index is 0.0371. The Morgan fingerprint density at radius 2 is 0.889 bits per heavy atom. The Kier molecular flexibility index (Phi) is 15.6. The summed E-state index contributed by atoms with van der Waals surface area (Å²) in [6.07, 6.45) is 0. The third-order valence-electron chi connectivity index (χ3n) is 7.54. The van der Waals surface area contributed by atoms with Crippen LogP contribution in [0.4, 0.5) is 22.7 Å². The summed E-state index contributed by atoms with van der Waals surface area (Å²) in [5.41, 5.74) is 15.5. The maximum absolute atomic E-state index is 13.7. The molecule has 0 unspecified atom stereocenters. The lowest BCUT2D eigenvalue weighted by Crippen LogP contribution is -2.54. The topological polar surface area (TPSA) is 184 Å². The summed E-state index contributed by atoms with van der Waals surface area (Å²) >= 11 is 0. The molecule has 4 rings (SSSR count). The lowest BCUT2D eigenvalue weighted by Gasteiger charge is -2.32. The van der Waals surface area contributed by atoms with Gasteiger partial charge < -0.3 is 57.5 Å². The molecule has 0 bridgehead atoms. The Hall–Kier alpha value is -4.79. The van der Waals surface area contributed by atoms with Gasteiger partial charge in [0.15, 0.2) is 11.5 Å². The number of nitrogen functional groups attached to an aromatic ring is 2. The summed E-state index contributed by atoms with van der Waals surface area (Å²) in [7, 11) is -7.91. The summed E-state index contributed by atoms with van der Waals surface area (Å²) in [6.45, 7) is 12.0. The van der Waals surface area contributed by atoms with Crippen molar-refractivity contribution in [2.45, 2.75) is 41.5 Å². The number of nitrogens with one attached hydrogen (secondary N) is 2. The zero-order valence-electron chi connectivity index (χ0n) is 31.6. The molecule has 0 aliphatic heterocycles. The molecule has 4 aromatic carbocycles. The second-order valence-electron chi connectivity index (χ2n) is 11.4. The molecule has 0 aliphatic carbocycles. The number of carbonyl (C=O) groups is 2. The third-order valence-corrected chi connectivity index (χ3v) is 12.3. The molecule has 0 spiro atoms. The molecule has 290 valence electrons. The molecule has 0 saturated heterocycles. The van der Waals surface area contributed by atoms with Gasteiger partial charge in [0.25, 0.3) is 11.8 Å². The standard InChI is InChI=1S/C38H50N4O10Si2/c1-7-45-53(46-8-2,47-9-3)51-35-33(27-17-23-32(24-18-27)41-37(43)28-13-19-30(39)20-14-28)25-26-34(42-38(44)29-15-21-31(40)22-16-29)36(35)52-54(48-10-4,49-11-5)50-12-6/h13-26H,7-12,39-40H2,1-6H3,(H,41,43)(H,42,44). The number of carbonyl (C=O) groups excluding carboxylic acids is 2. The number of hydrogen-bond donors (Lipinski definition) is 4. The number of nitrogens with two attached hydrogens (primary N) is 2. The van der Waals surface area contributed by atoms with Gasteiger partial charge in [0.2, 0.25) is 0 Å². The van der Waals surface area contributed by atoms with E-state index in [0.29, 0.717) is 39.3 Å².